The maximum absolute atomic E-state index is 11.8. The van der Waals surface area contributed by atoms with Gasteiger partial charge >= 0.3 is 13.1 Å². The van der Waals surface area contributed by atoms with E-state index in [2.05, 4.69) is 0 Å². The molecule has 0 spiro atoms. The van der Waals surface area contributed by atoms with E-state index in [1.807, 2.05) is 42.3 Å². The fourth-order valence-electron chi connectivity index (χ4n) is 3.71. The van der Waals surface area contributed by atoms with Crippen molar-refractivity contribution in [2.45, 2.75) is 37.5 Å². The number of hydrogen-bond donors (Lipinski definition) is 4. The lowest BCUT2D eigenvalue weighted by Crippen LogP contribution is -2.59. The highest BCUT2D eigenvalue weighted by atomic mass is 16.4. The van der Waals surface area contributed by atoms with Crippen LogP contribution < -0.4 is 10.6 Å². The molecular weight excluding hydrogens is 307 g/mol. The summed E-state index contributed by atoms with van der Waals surface area (Å²) in [6.07, 6.45) is 2.82. The first-order chi connectivity index (χ1) is 11.3. The molecule has 0 aromatic heterocycles. The number of para-hydroxylation sites is 1. The highest BCUT2D eigenvalue weighted by Gasteiger charge is 2.47. The molecule has 1 aliphatic carbocycles. The first kappa shape index (κ1) is 18.8. The fraction of sp³-hybridized carbons (Fsp3) is 0.588. The van der Waals surface area contributed by atoms with Crippen molar-refractivity contribution in [1.82, 2.24) is 0 Å². The molecule has 6 nitrogen and oxygen atoms in total. The second kappa shape index (κ2) is 8.01. The first-order valence-electron chi connectivity index (χ1n) is 8.47. The number of nitrogens with zero attached hydrogens (tertiary/aromatic N) is 1. The van der Waals surface area contributed by atoms with Gasteiger partial charge in [0.1, 0.15) is 5.54 Å². The minimum atomic E-state index is -1.34. The number of nitrogens with two attached hydrogens (primary N) is 1. The lowest BCUT2D eigenvalue weighted by Gasteiger charge is -2.43. The fourth-order valence-corrected chi connectivity index (χ4v) is 3.71. The summed E-state index contributed by atoms with van der Waals surface area (Å²) >= 11 is 0. The van der Waals surface area contributed by atoms with E-state index in [1.165, 1.54) is 0 Å². The predicted octanol–water partition coefficient (Wildman–Crippen LogP) is 1.18. The summed E-state index contributed by atoms with van der Waals surface area (Å²) in [4.78, 5) is 13.9. The van der Waals surface area contributed by atoms with Gasteiger partial charge in [-0.2, -0.15) is 0 Å². The van der Waals surface area contributed by atoms with E-state index < -0.39 is 18.6 Å². The molecule has 5 N–H and O–H groups in total. The average Bonchev–Trinajstić information content (AvgIpc) is 2.55. The molecule has 0 heterocycles. The normalized spacial score (nSPS) is 26.8. The molecule has 0 aliphatic heterocycles. The van der Waals surface area contributed by atoms with Gasteiger partial charge in [0, 0.05) is 25.2 Å². The van der Waals surface area contributed by atoms with Crippen LogP contribution in [-0.4, -0.2) is 47.4 Å². The van der Waals surface area contributed by atoms with Gasteiger partial charge in [0.15, 0.2) is 0 Å². The van der Waals surface area contributed by atoms with Crippen LogP contribution >= 0.6 is 0 Å². The standard InChI is InChI=1S/C17H27BN2O4/c1-20(15-5-3-2-4-6-15)12-14-8-7-13(9-10-18(23)24)11-17(14,19)16(21)22/h2-6,13-14,23-24H,7-12,19H2,1H3,(H,21,22). The number of rotatable bonds is 7. The molecule has 1 aliphatic rings. The third kappa shape index (κ3) is 4.50. The molecule has 24 heavy (non-hydrogen) atoms. The summed E-state index contributed by atoms with van der Waals surface area (Å²) in [6.45, 7) is 0.585. The molecule has 2 rings (SSSR count). The van der Waals surface area contributed by atoms with Crippen LogP contribution in [0.1, 0.15) is 25.7 Å². The maximum atomic E-state index is 11.8. The lowest BCUT2D eigenvalue weighted by molar-refractivity contribution is -0.147. The number of anilines is 1. The smallest absolute Gasteiger partial charge is 0.451 e. The molecule has 1 aromatic carbocycles. The van der Waals surface area contributed by atoms with E-state index in [0.29, 0.717) is 19.4 Å². The number of carbonyl (C=O) groups is 1. The van der Waals surface area contributed by atoms with Crippen LogP contribution in [0.4, 0.5) is 5.69 Å². The van der Waals surface area contributed by atoms with Gasteiger partial charge in [-0.3, -0.25) is 4.79 Å². The number of aliphatic carboxylic acids is 1. The van der Waals surface area contributed by atoms with Crippen molar-refractivity contribution in [2.24, 2.45) is 17.6 Å². The second-order valence-corrected chi connectivity index (χ2v) is 6.96. The summed E-state index contributed by atoms with van der Waals surface area (Å²) in [7, 11) is 0.607. The highest BCUT2D eigenvalue weighted by molar-refractivity contribution is 6.40. The van der Waals surface area contributed by atoms with Crippen LogP contribution in [0.25, 0.3) is 0 Å². The summed E-state index contributed by atoms with van der Waals surface area (Å²) < 4.78 is 0. The average molecular weight is 334 g/mol. The molecular formula is C17H27BN2O4. The van der Waals surface area contributed by atoms with Crippen molar-refractivity contribution >= 4 is 18.8 Å². The van der Waals surface area contributed by atoms with Crippen LogP contribution in [0.3, 0.4) is 0 Å². The minimum absolute atomic E-state index is 0.117. The van der Waals surface area contributed by atoms with Crippen molar-refractivity contribution in [3.8, 4) is 0 Å². The zero-order valence-electron chi connectivity index (χ0n) is 14.1. The summed E-state index contributed by atoms with van der Waals surface area (Å²) in [5.41, 5.74) is 6.08. The Labute approximate surface area is 143 Å². The molecule has 3 atom stereocenters. The van der Waals surface area contributed by atoms with Gasteiger partial charge < -0.3 is 25.8 Å². The van der Waals surface area contributed by atoms with E-state index in [1.54, 1.807) is 0 Å². The molecule has 0 bridgehead atoms. The van der Waals surface area contributed by atoms with Gasteiger partial charge in [-0.1, -0.05) is 24.6 Å². The van der Waals surface area contributed by atoms with Crippen molar-refractivity contribution in [2.75, 3.05) is 18.5 Å². The molecule has 1 aromatic rings. The summed E-state index contributed by atoms with van der Waals surface area (Å²) in [5.74, 6) is -0.995. The van der Waals surface area contributed by atoms with E-state index in [0.717, 1.165) is 18.5 Å². The molecule has 132 valence electrons. The van der Waals surface area contributed by atoms with E-state index >= 15 is 0 Å². The van der Waals surface area contributed by atoms with Crippen LogP contribution in [0, 0.1) is 11.8 Å². The van der Waals surface area contributed by atoms with Gasteiger partial charge in [0.2, 0.25) is 0 Å². The number of benzene rings is 1. The third-order valence-corrected chi connectivity index (χ3v) is 5.20. The molecule has 7 heteroatoms. The number of carboxylic acids is 1. The monoisotopic (exact) mass is 334 g/mol. The Hall–Kier alpha value is -1.57. The highest BCUT2D eigenvalue weighted by Crippen LogP contribution is 2.39. The van der Waals surface area contributed by atoms with Crippen molar-refractivity contribution in [1.29, 1.82) is 0 Å². The predicted molar refractivity (Wildman–Crippen MR) is 94.7 cm³/mol. The van der Waals surface area contributed by atoms with E-state index in [9.17, 15) is 9.90 Å². The molecule has 1 fully saturated rings. The largest absolute Gasteiger partial charge is 0.480 e. The molecule has 0 amide bonds. The number of carboxylic acid groups (broad SMARTS) is 1. The maximum Gasteiger partial charge on any atom is 0.451 e. The Bertz CT molecular complexity index is 543. The van der Waals surface area contributed by atoms with Gasteiger partial charge in [-0.05, 0) is 43.6 Å². The third-order valence-electron chi connectivity index (χ3n) is 5.20. The van der Waals surface area contributed by atoms with E-state index in [4.69, 9.17) is 15.8 Å². The summed E-state index contributed by atoms with van der Waals surface area (Å²) in [5, 5.41) is 27.7. The van der Waals surface area contributed by atoms with Crippen molar-refractivity contribution in [3.63, 3.8) is 0 Å². The van der Waals surface area contributed by atoms with Crippen LogP contribution in [0.15, 0.2) is 30.3 Å². The Kier molecular flexibility index (Phi) is 6.26. The van der Waals surface area contributed by atoms with Crippen molar-refractivity contribution < 1.29 is 19.9 Å². The topological polar surface area (TPSA) is 107 Å². The SMILES string of the molecule is CN(CC1CCC(CCB(O)O)CC1(N)C(=O)O)c1ccccc1. The van der Waals surface area contributed by atoms with Gasteiger partial charge in [-0.25, -0.2) is 0 Å². The van der Waals surface area contributed by atoms with Crippen molar-refractivity contribution in [3.05, 3.63) is 30.3 Å². The molecule has 3 unspecified atom stereocenters. The van der Waals surface area contributed by atoms with Gasteiger partial charge in [-0.15, -0.1) is 0 Å². The minimum Gasteiger partial charge on any atom is -0.480 e. The Morgan fingerprint density at radius 1 is 1.33 bits per heavy atom. The second-order valence-electron chi connectivity index (χ2n) is 6.96. The summed E-state index contributed by atoms with van der Waals surface area (Å²) in [6, 6.07) is 9.84. The van der Waals surface area contributed by atoms with Crippen LogP contribution in [0.5, 0.6) is 0 Å². The molecule has 0 radical (unpaired) electrons. The Morgan fingerprint density at radius 2 is 2.00 bits per heavy atom. The van der Waals surface area contributed by atoms with Crippen LogP contribution in [-0.2, 0) is 4.79 Å². The van der Waals surface area contributed by atoms with Gasteiger partial charge in [0.05, 0.1) is 0 Å². The quantitative estimate of drug-likeness (QED) is 0.558. The first-order valence-corrected chi connectivity index (χ1v) is 8.47. The molecule has 0 saturated heterocycles. The number of hydrogen-bond acceptors (Lipinski definition) is 5. The zero-order chi connectivity index (χ0) is 17.7. The Morgan fingerprint density at radius 3 is 2.58 bits per heavy atom. The van der Waals surface area contributed by atoms with E-state index in [-0.39, 0.29) is 18.2 Å². The molecule has 1 saturated carbocycles. The lowest BCUT2D eigenvalue weighted by atomic mass is 9.66. The van der Waals surface area contributed by atoms with Gasteiger partial charge in [0.25, 0.3) is 0 Å². The Balaban J connectivity index is 2.05. The van der Waals surface area contributed by atoms with Crippen LogP contribution in [0.2, 0.25) is 6.32 Å². The zero-order valence-corrected chi connectivity index (χ0v) is 14.1.